The van der Waals surface area contributed by atoms with Gasteiger partial charge in [-0.1, -0.05) is 36.8 Å². The number of likely N-dealkylation sites (N-methyl/N-ethyl adjacent to an activating group) is 2. The quantitative estimate of drug-likeness (QED) is 0.697. The Morgan fingerprint density at radius 1 is 1.18 bits per heavy atom. The van der Waals surface area contributed by atoms with Gasteiger partial charge in [0.05, 0.1) is 0 Å². The molecule has 0 bridgehead atoms. The summed E-state index contributed by atoms with van der Waals surface area (Å²) >= 11 is 0. The molecule has 1 aliphatic carbocycles. The molecule has 2 heteroatoms. The molecule has 0 aliphatic heterocycles. The van der Waals surface area contributed by atoms with Gasteiger partial charge >= 0.3 is 0 Å². The van der Waals surface area contributed by atoms with Gasteiger partial charge in [0.15, 0.2) is 0 Å². The molecule has 0 saturated heterocycles. The first-order chi connectivity index (χ1) is 8.13. The van der Waals surface area contributed by atoms with Crippen LogP contribution in [0.5, 0.6) is 0 Å². The van der Waals surface area contributed by atoms with Crippen LogP contribution in [0.2, 0.25) is 0 Å². The van der Waals surface area contributed by atoms with E-state index in [0.717, 1.165) is 32.6 Å². The molecule has 0 aromatic heterocycles. The van der Waals surface area contributed by atoms with E-state index in [1.165, 1.54) is 11.1 Å². The number of allylic oxidation sites excluding steroid dienone is 4. The number of hydrogen-bond acceptors (Lipinski definition) is 2. The summed E-state index contributed by atoms with van der Waals surface area (Å²) in [6.45, 7) is 8.84. The maximum absolute atomic E-state index is 2.40. The predicted octanol–water partition coefficient (Wildman–Crippen LogP) is 2.70. The summed E-state index contributed by atoms with van der Waals surface area (Å²) in [5.41, 5.74) is 2.87. The second-order valence-electron chi connectivity index (χ2n) is 4.88. The zero-order valence-corrected chi connectivity index (χ0v) is 11.7. The minimum Gasteiger partial charge on any atom is -0.305 e. The van der Waals surface area contributed by atoms with Gasteiger partial charge in [-0.2, -0.15) is 0 Å². The van der Waals surface area contributed by atoms with Gasteiger partial charge in [-0.05, 0) is 39.6 Å². The van der Waals surface area contributed by atoms with Crippen molar-refractivity contribution in [2.45, 2.75) is 20.3 Å². The van der Waals surface area contributed by atoms with Gasteiger partial charge in [0.25, 0.3) is 0 Å². The van der Waals surface area contributed by atoms with E-state index in [-0.39, 0.29) is 0 Å². The maximum Gasteiger partial charge on any atom is 0.0233 e. The fourth-order valence-electron chi connectivity index (χ4n) is 1.82. The van der Waals surface area contributed by atoms with Crippen molar-refractivity contribution in [3.8, 4) is 0 Å². The molecule has 1 rings (SSSR count). The van der Waals surface area contributed by atoms with Crippen LogP contribution in [0, 0.1) is 0 Å². The monoisotopic (exact) mass is 234 g/mol. The molecule has 2 nitrogen and oxygen atoms in total. The Kier molecular flexibility index (Phi) is 6.23. The summed E-state index contributed by atoms with van der Waals surface area (Å²) in [7, 11) is 4.37. The van der Waals surface area contributed by atoms with Gasteiger partial charge in [-0.15, -0.1) is 0 Å². The standard InChI is InChI=1S/C15H26N2/c1-5-16(3)11-12-17(4)13-15-10-8-6-7-9-14(15)2/h6,8-10H,5,7,11-13H2,1-4H3. The highest BCUT2D eigenvalue weighted by atomic mass is 15.2. The van der Waals surface area contributed by atoms with Gasteiger partial charge in [-0.25, -0.2) is 0 Å². The predicted molar refractivity (Wildman–Crippen MR) is 76.3 cm³/mol. The molecule has 0 aromatic carbocycles. The smallest absolute Gasteiger partial charge is 0.0233 e. The zero-order valence-electron chi connectivity index (χ0n) is 11.7. The molecule has 0 amide bonds. The van der Waals surface area contributed by atoms with Crippen molar-refractivity contribution in [1.29, 1.82) is 0 Å². The Morgan fingerprint density at radius 2 is 1.88 bits per heavy atom. The maximum atomic E-state index is 2.40. The molecule has 0 heterocycles. The fourth-order valence-corrected chi connectivity index (χ4v) is 1.82. The molecule has 0 aromatic rings. The van der Waals surface area contributed by atoms with Gasteiger partial charge in [0.2, 0.25) is 0 Å². The normalized spacial score (nSPS) is 16.1. The topological polar surface area (TPSA) is 6.48 Å². The van der Waals surface area contributed by atoms with Crippen molar-refractivity contribution >= 4 is 0 Å². The molecule has 0 saturated carbocycles. The first-order valence-corrected chi connectivity index (χ1v) is 6.53. The van der Waals surface area contributed by atoms with Crippen molar-refractivity contribution in [1.82, 2.24) is 9.80 Å². The van der Waals surface area contributed by atoms with Crippen LogP contribution in [0.3, 0.4) is 0 Å². The van der Waals surface area contributed by atoms with E-state index in [2.05, 4.69) is 62.0 Å². The van der Waals surface area contributed by atoms with Crippen LogP contribution in [-0.2, 0) is 0 Å². The Hall–Kier alpha value is -0.860. The second kappa shape index (κ2) is 7.46. The van der Waals surface area contributed by atoms with Crippen LogP contribution < -0.4 is 0 Å². The van der Waals surface area contributed by atoms with Crippen LogP contribution >= 0.6 is 0 Å². The molecule has 0 fully saturated rings. The largest absolute Gasteiger partial charge is 0.305 e. The summed E-state index contributed by atoms with van der Waals surface area (Å²) in [6, 6.07) is 0. The Bertz CT molecular complexity index is 313. The van der Waals surface area contributed by atoms with Crippen molar-refractivity contribution < 1.29 is 0 Å². The lowest BCUT2D eigenvalue weighted by atomic mass is 10.1. The average molecular weight is 234 g/mol. The Labute approximate surface area is 106 Å². The minimum atomic E-state index is 1.05. The summed E-state index contributed by atoms with van der Waals surface area (Å²) in [5.74, 6) is 0. The van der Waals surface area contributed by atoms with Crippen molar-refractivity contribution in [3.63, 3.8) is 0 Å². The molecular weight excluding hydrogens is 208 g/mol. The van der Waals surface area contributed by atoms with E-state index >= 15 is 0 Å². The van der Waals surface area contributed by atoms with E-state index in [0.29, 0.717) is 0 Å². The molecule has 0 spiro atoms. The lowest BCUT2D eigenvalue weighted by Crippen LogP contribution is -2.31. The molecule has 96 valence electrons. The first kappa shape index (κ1) is 14.2. The molecule has 0 radical (unpaired) electrons. The molecule has 0 atom stereocenters. The number of nitrogens with zero attached hydrogens (tertiary/aromatic N) is 2. The van der Waals surface area contributed by atoms with E-state index < -0.39 is 0 Å². The SMILES string of the molecule is CCN(C)CCN(C)CC1=CC=CCC=C1C. The molecular formula is C15H26N2. The second-order valence-corrected chi connectivity index (χ2v) is 4.88. The molecule has 1 aliphatic rings. The summed E-state index contributed by atoms with van der Waals surface area (Å²) in [5, 5.41) is 0. The Balaban J connectivity index is 2.42. The highest BCUT2D eigenvalue weighted by molar-refractivity contribution is 5.35. The third kappa shape index (κ3) is 5.33. The lowest BCUT2D eigenvalue weighted by Gasteiger charge is -2.22. The van der Waals surface area contributed by atoms with Gasteiger partial charge in [0, 0.05) is 19.6 Å². The van der Waals surface area contributed by atoms with Crippen LogP contribution in [0.15, 0.2) is 35.5 Å². The summed E-state index contributed by atoms with van der Waals surface area (Å²) in [6.07, 6.45) is 10.0. The van der Waals surface area contributed by atoms with Crippen LogP contribution in [0.4, 0.5) is 0 Å². The van der Waals surface area contributed by atoms with Gasteiger partial charge < -0.3 is 9.80 Å². The lowest BCUT2D eigenvalue weighted by molar-refractivity contribution is 0.276. The minimum absolute atomic E-state index is 1.05. The number of rotatable bonds is 6. The molecule has 17 heavy (non-hydrogen) atoms. The highest BCUT2D eigenvalue weighted by Crippen LogP contribution is 2.14. The van der Waals surface area contributed by atoms with Crippen LogP contribution in [0.25, 0.3) is 0 Å². The van der Waals surface area contributed by atoms with E-state index in [1.807, 2.05) is 0 Å². The third-order valence-corrected chi connectivity index (χ3v) is 3.34. The highest BCUT2D eigenvalue weighted by Gasteiger charge is 2.06. The van der Waals surface area contributed by atoms with E-state index in [4.69, 9.17) is 0 Å². The first-order valence-electron chi connectivity index (χ1n) is 6.53. The molecule has 0 N–H and O–H groups in total. The molecule has 0 unspecified atom stereocenters. The third-order valence-electron chi connectivity index (χ3n) is 3.34. The van der Waals surface area contributed by atoms with Crippen molar-refractivity contribution in [2.24, 2.45) is 0 Å². The van der Waals surface area contributed by atoms with Crippen molar-refractivity contribution in [3.05, 3.63) is 35.5 Å². The average Bonchev–Trinajstić information content (AvgIpc) is 2.52. The van der Waals surface area contributed by atoms with E-state index in [1.54, 1.807) is 0 Å². The van der Waals surface area contributed by atoms with Crippen molar-refractivity contribution in [2.75, 3.05) is 40.3 Å². The van der Waals surface area contributed by atoms with Gasteiger partial charge in [-0.3, -0.25) is 0 Å². The van der Waals surface area contributed by atoms with Gasteiger partial charge in [0.1, 0.15) is 0 Å². The zero-order chi connectivity index (χ0) is 12.7. The van der Waals surface area contributed by atoms with E-state index in [9.17, 15) is 0 Å². The fraction of sp³-hybridized carbons (Fsp3) is 0.600. The summed E-state index contributed by atoms with van der Waals surface area (Å²) < 4.78 is 0. The Morgan fingerprint density at radius 3 is 2.59 bits per heavy atom. The summed E-state index contributed by atoms with van der Waals surface area (Å²) in [4.78, 5) is 4.75. The van der Waals surface area contributed by atoms with Crippen LogP contribution in [-0.4, -0.2) is 50.1 Å². The number of hydrogen-bond donors (Lipinski definition) is 0. The van der Waals surface area contributed by atoms with Crippen LogP contribution in [0.1, 0.15) is 20.3 Å².